The third-order valence-electron chi connectivity index (χ3n) is 7.66. The summed E-state index contributed by atoms with van der Waals surface area (Å²) in [7, 11) is 2.10. The first-order valence-corrected chi connectivity index (χ1v) is 14.7. The number of pyridine rings is 1. The van der Waals surface area contributed by atoms with Gasteiger partial charge in [-0.05, 0) is 48.4 Å². The maximum atomic E-state index is 13.7. The number of thioether (sulfide) groups is 1. The van der Waals surface area contributed by atoms with E-state index in [2.05, 4.69) is 65.1 Å². The van der Waals surface area contributed by atoms with Gasteiger partial charge in [0.25, 0.3) is 5.91 Å². The van der Waals surface area contributed by atoms with Gasteiger partial charge in [0, 0.05) is 46.3 Å². The van der Waals surface area contributed by atoms with Crippen LogP contribution in [-0.4, -0.2) is 33.4 Å². The fourth-order valence-corrected chi connectivity index (χ4v) is 7.15. The van der Waals surface area contributed by atoms with Crippen LogP contribution in [0, 0.1) is 0 Å². The van der Waals surface area contributed by atoms with E-state index in [0.29, 0.717) is 18.1 Å². The molecule has 0 spiro atoms. The van der Waals surface area contributed by atoms with Crippen molar-refractivity contribution in [3.63, 3.8) is 0 Å². The Kier molecular flexibility index (Phi) is 6.37. The Morgan fingerprint density at radius 3 is 2.48 bits per heavy atom. The molecule has 0 saturated carbocycles. The molecule has 5 nitrogen and oxygen atoms in total. The molecule has 2 aromatic heterocycles. The van der Waals surface area contributed by atoms with Gasteiger partial charge in [-0.25, -0.2) is 0 Å². The van der Waals surface area contributed by atoms with Gasteiger partial charge >= 0.3 is 0 Å². The van der Waals surface area contributed by atoms with Crippen molar-refractivity contribution in [3.8, 4) is 0 Å². The number of nitrogens with one attached hydrogen (secondary N) is 1. The van der Waals surface area contributed by atoms with Crippen LogP contribution in [-0.2, 0) is 7.05 Å². The highest BCUT2D eigenvalue weighted by Gasteiger charge is 2.33. The average molecular weight is 563 g/mol. The second-order valence-corrected chi connectivity index (χ2v) is 11.6. The number of hydrogen-bond acceptors (Lipinski definition) is 3. The molecule has 1 atom stereocenters. The van der Waals surface area contributed by atoms with Crippen molar-refractivity contribution in [1.29, 1.82) is 0 Å². The molecular formula is C33H27ClN4OS. The highest BCUT2D eigenvalue weighted by molar-refractivity contribution is 7.99. The minimum absolute atomic E-state index is 0.0607. The summed E-state index contributed by atoms with van der Waals surface area (Å²) >= 11 is 7.89. The van der Waals surface area contributed by atoms with E-state index in [1.165, 1.54) is 5.39 Å². The standard InChI is InChI=1S/C33H27ClN4OS/c1-37-27-13-6-3-10-24(27)30(29-23-9-2-5-12-26(23)36-31(29)37)35-19-8-20-38-32(39)25-11-4-7-14-28(25)40-33(38)21-15-17-22(34)18-16-21/h2-7,9-18,33,36H,8,19-20H2,1H3. The molecule has 1 unspecified atom stereocenters. The maximum absolute atomic E-state index is 13.7. The number of halogens is 1. The van der Waals surface area contributed by atoms with Gasteiger partial charge in [0.05, 0.1) is 21.8 Å². The molecule has 198 valence electrons. The minimum Gasteiger partial charge on any atom is -0.341 e. The maximum Gasteiger partial charge on any atom is 0.256 e. The monoisotopic (exact) mass is 562 g/mol. The van der Waals surface area contributed by atoms with Gasteiger partial charge in [-0.15, -0.1) is 0 Å². The molecule has 6 aromatic rings. The van der Waals surface area contributed by atoms with E-state index in [4.69, 9.17) is 16.6 Å². The third-order valence-corrected chi connectivity index (χ3v) is 9.27. The minimum atomic E-state index is -0.114. The molecule has 0 saturated heterocycles. The number of aromatic nitrogens is 2. The predicted molar refractivity (Wildman–Crippen MR) is 165 cm³/mol. The summed E-state index contributed by atoms with van der Waals surface area (Å²) in [6, 6.07) is 32.5. The molecule has 4 aromatic carbocycles. The van der Waals surface area contributed by atoms with Crippen molar-refractivity contribution in [2.24, 2.45) is 12.0 Å². The van der Waals surface area contributed by atoms with Crippen LogP contribution in [0.1, 0.15) is 27.7 Å². The topological polar surface area (TPSA) is 53.4 Å². The highest BCUT2D eigenvalue weighted by Crippen LogP contribution is 2.44. The Morgan fingerprint density at radius 1 is 0.900 bits per heavy atom. The Labute approximate surface area is 241 Å². The number of fused-ring (bicyclic) bond motifs is 5. The summed E-state index contributed by atoms with van der Waals surface area (Å²) in [5.41, 5.74) is 5.11. The summed E-state index contributed by atoms with van der Waals surface area (Å²) in [6.45, 7) is 1.21. The van der Waals surface area contributed by atoms with E-state index in [1.54, 1.807) is 11.8 Å². The lowest BCUT2D eigenvalue weighted by atomic mass is 10.1. The van der Waals surface area contributed by atoms with Gasteiger partial charge in [0.1, 0.15) is 11.0 Å². The van der Waals surface area contributed by atoms with Crippen molar-refractivity contribution in [1.82, 2.24) is 14.5 Å². The summed E-state index contributed by atoms with van der Waals surface area (Å²) in [4.78, 5) is 25.5. The number of hydrogen-bond donors (Lipinski definition) is 1. The zero-order chi connectivity index (χ0) is 27.2. The quantitative estimate of drug-likeness (QED) is 0.219. The molecular weight excluding hydrogens is 536 g/mol. The fourth-order valence-electron chi connectivity index (χ4n) is 5.72. The molecule has 0 aliphatic carbocycles. The molecule has 1 aliphatic rings. The van der Waals surface area contributed by atoms with Crippen LogP contribution in [0.25, 0.3) is 32.8 Å². The number of aromatic amines is 1. The van der Waals surface area contributed by atoms with E-state index < -0.39 is 0 Å². The Hall–Kier alpha value is -4.00. The Bertz CT molecular complexity index is 1980. The van der Waals surface area contributed by atoms with Crippen molar-refractivity contribution in [3.05, 3.63) is 119 Å². The van der Waals surface area contributed by atoms with Crippen molar-refractivity contribution < 1.29 is 4.79 Å². The summed E-state index contributed by atoms with van der Waals surface area (Å²) in [5, 5.41) is 5.00. The molecule has 40 heavy (non-hydrogen) atoms. The molecule has 0 radical (unpaired) electrons. The number of aryl methyl sites for hydroxylation is 1. The van der Waals surface area contributed by atoms with Crippen LogP contribution in [0.3, 0.4) is 0 Å². The average Bonchev–Trinajstić information content (AvgIpc) is 3.38. The molecule has 7 heteroatoms. The lowest BCUT2D eigenvalue weighted by Gasteiger charge is -2.36. The van der Waals surface area contributed by atoms with E-state index in [9.17, 15) is 4.79 Å². The SMILES string of the molecule is Cn1c2ccccc2c(=NCCCN2C(=O)c3ccccc3SC2c2ccc(Cl)cc2)c2c3ccccc3[nH]c21. The van der Waals surface area contributed by atoms with Crippen LogP contribution in [0.4, 0.5) is 0 Å². The largest absolute Gasteiger partial charge is 0.341 e. The fraction of sp³-hybridized carbons (Fsp3) is 0.152. The number of carbonyl (C=O) groups excluding carboxylic acids is 1. The lowest BCUT2D eigenvalue weighted by molar-refractivity contribution is 0.0725. The number of benzene rings is 4. The third kappa shape index (κ3) is 4.19. The van der Waals surface area contributed by atoms with E-state index >= 15 is 0 Å². The Balaban J connectivity index is 1.26. The first-order chi connectivity index (χ1) is 19.6. The number of carbonyl (C=O) groups is 1. The molecule has 1 amide bonds. The summed E-state index contributed by atoms with van der Waals surface area (Å²) in [6.07, 6.45) is 0.748. The van der Waals surface area contributed by atoms with Gasteiger partial charge in [-0.3, -0.25) is 9.79 Å². The highest BCUT2D eigenvalue weighted by atomic mass is 35.5. The second kappa shape index (κ2) is 10.2. The molecule has 0 bridgehead atoms. The van der Waals surface area contributed by atoms with Gasteiger partial charge in [0.2, 0.25) is 0 Å². The lowest BCUT2D eigenvalue weighted by Crippen LogP contribution is -2.37. The first kappa shape index (κ1) is 25.0. The number of amides is 1. The second-order valence-electron chi connectivity index (χ2n) is 10.1. The molecule has 1 N–H and O–H groups in total. The number of para-hydroxylation sites is 2. The number of rotatable bonds is 5. The van der Waals surface area contributed by atoms with E-state index in [0.717, 1.165) is 55.3 Å². The number of H-pyrrole nitrogens is 1. The molecule has 3 heterocycles. The molecule has 0 fully saturated rings. The van der Waals surface area contributed by atoms with Gasteiger partial charge in [-0.2, -0.15) is 0 Å². The van der Waals surface area contributed by atoms with Crippen LogP contribution in [0.2, 0.25) is 5.02 Å². The van der Waals surface area contributed by atoms with Crippen molar-refractivity contribution >= 4 is 62.1 Å². The first-order valence-electron chi connectivity index (χ1n) is 13.4. The van der Waals surface area contributed by atoms with Crippen LogP contribution in [0.5, 0.6) is 0 Å². The molecule has 7 rings (SSSR count). The van der Waals surface area contributed by atoms with Crippen LogP contribution >= 0.6 is 23.4 Å². The summed E-state index contributed by atoms with van der Waals surface area (Å²) in [5.74, 6) is 0.0607. The van der Waals surface area contributed by atoms with Crippen LogP contribution < -0.4 is 5.36 Å². The van der Waals surface area contributed by atoms with Gasteiger partial charge in [0.15, 0.2) is 0 Å². The predicted octanol–water partition coefficient (Wildman–Crippen LogP) is 7.70. The Morgan fingerprint density at radius 2 is 1.62 bits per heavy atom. The van der Waals surface area contributed by atoms with Gasteiger partial charge in [-0.1, -0.05) is 84.0 Å². The summed E-state index contributed by atoms with van der Waals surface area (Å²) < 4.78 is 2.21. The normalized spacial score (nSPS) is 15.8. The zero-order valence-corrected chi connectivity index (χ0v) is 23.5. The molecule has 1 aliphatic heterocycles. The smallest absolute Gasteiger partial charge is 0.256 e. The van der Waals surface area contributed by atoms with Crippen LogP contribution in [0.15, 0.2) is 107 Å². The van der Waals surface area contributed by atoms with Crippen molar-refractivity contribution in [2.45, 2.75) is 16.7 Å². The zero-order valence-electron chi connectivity index (χ0n) is 22.0. The van der Waals surface area contributed by atoms with Gasteiger partial charge < -0.3 is 14.5 Å². The van der Waals surface area contributed by atoms with E-state index in [1.807, 2.05) is 53.4 Å². The number of nitrogens with zero attached hydrogens (tertiary/aromatic N) is 3. The van der Waals surface area contributed by atoms with Crippen molar-refractivity contribution in [2.75, 3.05) is 13.1 Å². The van der Waals surface area contributed by atoms with E-state index in [-0.39, 0.29) is 11.3 Å².